The van der Waals surface area contributed by atoms with Crippen LogP contribution in [-0.2, 0) is 0 Å². The second kappa shape index (κ2) is 3.95. The second-order valence-corrected chi connectivity index (χ2v) is 1.79. The van der Waals surface area contributed by atoms with Crippen molar-refractivity contribution in [2.75, 3.05) is 0 Å². The van der Waals surface area contributed by atoms with Crippen LogP contribution in [-0.4, -0.2) is 10.1 Å². The predicted octanol–water partition coefficient (Wildman–Crippen LogP) is 0.712. The van der Waals surface area contributed by atoms with Crippen LogP contribution in [0.4, 0.5) is 0 Å². The second-order valence-electron chi connectivity index (χ2n) is 1.79. The molecule has 8 heteroatoms. The van der Waals surface area contributed by atoms with Crippen LogP contribution in [0.25, 0.3) is 0 Å². The van der Waals surface area contributed by atoms with E-state index in [1.165, 1.54) is 18.3 Å². The zero-order chi connectivity index (χ0) is 9.68. The van der Waals surface area contributed by atoms with Gasteiger partial charge in [-0.05, 0) is 12.1 Å². The molecule has 0 radical (unpaired) electrons. The van der Waals surface area contributed by atoms with Gasteiger partial charge in [-0.3, -0.25) is 4.84 Å². The van der Waals surface area contributed by atoms with E-state index < -0.39 is 5.09 Å². The van der Waals surface area contributed by atoms with Crippen LogP contribution in [0.2, 0.25) is 0 Å². The third-order valence-corrected chi connectivity index (χ3v) is 1.03. The highest BCUT2D eigenvalue weighted by Gasteiger charge is 2.09. The molecule has 0 aliphatic carbocycles. The maximum absolute atomic E-state index is 9.92. The number of hydrogen-bond acceptors (Lipinski definition) is 7. The smallest absolute Gasteiger partial charge is 0.299 e. The Balaban J connectivity index is 2.90. The maximum Gasteiger partial charge on any atom is 0.299 e. The van der Waals surface area contributed by atoms with Crippen LogP contribution >= 0.6 is 0 Å². The van der Waals surface area contributed by atoms with Crippen molar-refractivity contribution in [1.29, 1.82) is 0 Å². The quantitative estimate of drug-likeness (QED) is 0.388. The van der Waals surface area contributed by atoms with Crippen LogP contribution in [0.3, 0.4) is 0 Å². The van der Waals surface area contributed by atoms with E-state index >= 15 is 0 Å². The van der Waals surface area contributed by atoms with E-state index in [0.29, 0.717) is 0 Å². The fourth-order valence-electron chi connectivity index (χ4n) is 0.630. The van der Waals surface area contributed by atoms with Gasteiger partial charge in [-0.15, -0.1) is 15.0 Å². The average Bonchev–Trinajstić information content (AvgIpc) is 2.08. The Kier molecular flexibility index (Phi) is 2.69. The molecule has 1 heterocycles. The van der Waals surface area contributed by atoms with Crippen LogP contribution in [0, 0.1) is 15.0 Å². The minimum absolute atomic E-state index is 0.285. The Morgan fingerprint density at radius 3 is 3.00 bits per heavy atom. The van der Waals surface area contributed by atoms with Crippen molar-refractivity contribution in [3.8, 4) is 11.6 Å². The standard InChI is InChI=1S/C5H3N3O5/c9-7-12-5-4(13-8(10)11)2-1-3-6-5/h1-3H. The Bertz CT molecular complexity index is 328. The Morgan fingerprint density at radius 2 is 2.38 bits per heavy atom. The van der Waals surface area contributed by atoms with Crippen molar-refractivity contribution in [2.45, 2.75) is 0 Å². The lowest BCUT2D eigenvalue weighted by atomic mass is 10.4. The highest BCUT2D eigenvalue weighted by molar-refractivity contribution is 5.31. The molecule has 0 spiro atoms. The maximum atomic E-state index is 9.92. The summed E-state index contributed by atoms with van der Waals surface area (Å²) in [6.07, 6.45) is 1.27. The molecule has 0 saturated heterocycles. The number of aromatic nitrogens is 1. The van der Waals surface area contributed by atoms with Gasteiger partial charge in [0.1, 0.15) is 0 Å². The van der Waals surface area contributed by atoms with Gasteiger partial charge >= 0.3 is 0 Å². The monoisotopic (exact) mass is 185 g/mol. The molecule has 0 aromatic carbocycles. The van der Waals surface area contributed by atoms with Crippen molar-refractivity contribution >= 4 is 0 Å². The van der Waals surface area contributed by atoms with E-state index in [1.54, 1.807) is 0 Å². The lowest BCUT2D eigenvalue weighted by molar-refractivity contribution is -0.711. The summed E-state index contributed by atoms with van der Waals surface area (Å²) < 4.78 is 0. The van der Waals surface area contributed by atoms with Crippen molar-refractivity contribution in [3.05, 3.63) is 33.4 Å². The zero-order valence-electron chi connectivity index (χ0n) is 6.11. The first-order chi connectivity index (χ1) is 6.24. The fourth-order valence-corrected chi connectivity index (χ4v) is 0.630. The van der Waals surface area contributed by atoms with Crippen molar-refractivity contribution in [1.82, 2.24) is 4.98 Å². The van der Waals surface area contributed by atoms with Gasteiger partial charge in [0.25, 0.3) is 11.0 Å². The minimum atomic E-state index is -1.05. The topological polar surface area (TPSA) is 104 Å². The lowest BCUT2D eigenvalue weighted by Gasteiger charge is -1.99. The van der Waals surface area contributed by atoms with Crippen molar-refractivity contribution in [2.24, 2.45) is 5.34 Å². The van der Waals surface area contributed by atoms with Crippen LogP contribution in [0.1, 0.15) is 0 Å². The van der Waals surface area contributed by atoms with Gasteiger partial charge < -0.3 is 4.84 Å². The Morgan fingerprint density at radius 1 is 1.62 bits per heavy atom. The molecular formula is C5H3N3O5. The molecule has 0 aliphatic rings. The van der Waals surface area contributed by atoms with E-state index in [1.807, 2.05) is 0 Å². The van der Waals surface area contributed by atoms with Gasteiger partial charge in [0, 0.05) is 6.20 Å². The summed E-state index contributed by atoms with van der Waals surface area (Å²) in [5, 5.41) is 10.9. The summed E-state index contributed by atoms with van der Waals surface area (Å²) in [5.41, 5.74) is 0. The highest BCUT2D eigenvalue weighted by atomic mass is 17.0. The molecule has 1 aromatic heterocycles. The Hall–Kier alpha value is -2.25. The SMILES string of the molecule is O=NOc1ncccc1O[N+](=O)[O-]. The molecule has 0 fully saturated rings. The van der Waals surface area contributed by atoms with Crippen molar-refractivity contribution < 1.29 is 14.8 Å². The normalized spacial score (nSPS) is 8.92. The van der Waals surface area contributed by atoms with Gasteiger partial charge in [0.15, 0.2) is 11.1 Å². The summed E-state index contributed by atoms with van der Waals surface area (Å²) in [6.45, 7) is 0. The van der Waals surface area contributed by atoms with E-state index in [0.717, 1.165) is 0 Å². The first-order valence-electron chi connectivity index (χ1n) is 3.01. The van der Waals surface area contributed by atoms with E-state index in [2.05, 4.69) is 20.0 Å². The van der Waals surface area contributed by atoms with Gasteiger partial charge in [-0.2, -0.15) is 0 Å². The molecule has 0 unspecified atom stereocenters. The molecule has 0 amide bonds. The molecule has 68 valence electrons. The van der Waals surface area contributed by atoms with E-state index in [-0.39, 0.29) is 11.6 Å². The first kappa shape index (κ1) is 8.84. The fraction of sp³-hybridized carbons (Fsp3) is 0. The summed E-state index contributed by atoms with van der Waals surface area (Å²) in [4.78, 5) is 31.2. The summed E-state index contributed by atoms with van der Waals surface area (Å²) in [5.74, 6) is -0.638. The largest absolute Gasteiger partial charge is 0.301 e. The van der Waals surface area contributed by atoms with Crippen molar-refractivity contribution in [3.63, 3.8) is 0 Å². The zero-order valence-corrected chi connectivity index (χ0v) is 6.11. The lowest BCUT2D eigenvalue weighted by Crippen LogP contribution is -2.05. The molecule has 8 nitrogen and oxygen atoms in total. The summed E-state index contributed by atoms with van der Waals surface area (Å²) >= 11 is 0. The van der Waals surface area contributed by atoms with Gasteiger partial charge in [-0.25, -0.2) is 4.98 Å². The van der Waals surface area contributed by atoms with E-state index in [9.17, 15) is 15.0 Å². The average molecular weight is 185 g/mol. The molecule has 0 bridgehead atoms. The van der Waals surface area contributed by atoms with Crippen LogP contribution < -0.4 is 9.68 Å². The minimum Gasteiger partial charge on any atom is -0.301 e. The molecule has 1 rings (SSSR count). The van der Waals surface area contributed by atoms with Gasteiger partial charge in [0.2, 0.25) is 0 Å². The number of rotatable bonds is 4. The molecule has 0 aliphatic heterocycles. The van der Waals surface area contributed by atoms with E-state index in [4.69, 9.17) is 0 Å². The summed E-state index contributed by atoms with van der Waals surface area (Å²) in [7, 11) is 0. The van der Waals surface area contributed by atoms with Crippen LogP contribution in [0.5, 0.6) is 11.6 Å². The molecule has 0 atom stereocenters. The molecule has 13 heavy (non-hydrogen) atoms. The number of hydrogen-bond donors (Lipinski definition) is 0. The Labute approximate surface area is 71.1 Å². The molecule has 1 aromatic rings. The highest BCUT2D eigenvalue weighted by Crippen LogP contribution is 2.23. The molecule has 0 saturated carbocycles. The first-order valence-corrected chi connectivity index (χ1v) is 3.01. The van der Waals surface area contributed by atoms with Gasteiger partial charge in [0.05, 0.1) is 0 Å². The third-order valence-electron chi connectivity index (χ3n) is 1.03. The predicted molar refractivity (Wildman–Crippen MR) is 38.3 cm³/mol. The third kappa shape index (κ3) is 2.36. The number of pyridine rings is 1. The molecule has 0 N–H and O–H groups in total. The summed E-state index contributed by atoms with van der Waals surface area (Å²) in [6, 6.07) is 2.60. The number of nitrogens with zero attached hydrogens (tertiary/aromatic N) is 3. The molecular weight excluding hydrogens is 182 g/mol. The van der Waals surface area contributed by atoms with Gasteiger partial charge in [-0.1, -0.05) is 0 Å². The van der Waals surface area contributed by atoms with Crippen LogP contribution in [0.15, 0.2) is 23.7 Å².